The molecule has 2 heterocycles. The second-order valence-electron chi connectivity index (χ2n) is 4.71. The average molecular weight is 252 g/mol. The molecule has 92 valence electrons. The summed E-state index contributed by atoms with van der Waals surface area (Å²) < 4.78 is 0. The van der Waals surface area contributed by atoms with Crippen molar-refractivity contribution in [3.63, 3.8) is 0 Å². The first-order chi connectivity index (χ1) is 8.33. The summed E-state index contributed by atoms with van der Waals surface area (Å²) in [5, 5.41) is 9.85. The molecule has 1 aliphatic heterocycles. The first-order valence-electron chi connectivity index (χ1n) is 6.14. The van der Waals surface area contributed by atoms with Crippen molar-refractivity contribution < 1.29 is 4.79 Å². The summed E-state index contributed by atoms with van der Waals surface area (Å²) in [6, 6.07) is 0.282. The van der Waals surface area contributed by atoms with Crippen molar-refractivity contribution in [2.45, 2.75) is 37.6 Å². The van der Waals surface area contributed by atoms with Crippen molar-refractivity contribution in [1.29, 1.82) is 0 Å². The maximum atomic E-state index is 11.9. The Balaban J connectivity index is 1.59. The van der Waals surface area contributed by atoms with Crippen molar-refractivity contribution >= 4 is 17.7 Å². The third-order valence-corrected chi connectivity index (χ3v) is 4.38. The SMILES string of the molecule is O=C(NC1CCCSC1)c1n[nH]c(C2CC2)n1. The second kappa shape index (κ2) is 4.68. The van der Waals surface area contributed by atoms with E-state index in [2.05, 4.69) is 20.5 Å². The van der Waals surface area contributed by atoms with Crippen molar-refractivity contribution in [3.8, 4) is 0 Å². The molecule has 1 amide bonds. The van der Waals surface area contributed by atoms with Gasteiger partial charge in [-0.2, -0.15) is 11.8 Å². The lowest BCUT2D eigenvalue weighted by molar-refractivity contribution is 0.0928. The zero-order valence-corrected chi connectivity index (χ0v) is 10.4. The van der Waals surface area contributed by atoms with E-state index in [1.165, 1.54) is 12.2 Å². The van der Waals surface area contributed by atoms with E-state index in [-0.39, 0.29) is 11.9 Å². The molecule has 1 aliphatic carbocycles. The van der Waals surface area contributed by atoms with Gasteiger partial charge >= 0.3 is 0 Å². The lowest BCUT2D eigenvalue weighted by Crippen LogP contribution is -2.38. The van der Waals surface area contributed by atoms with Gasteiger partial charge in [-0.1, -0.05) is 0 Å². The number of H-pyrrole nitrogens is 1. The van der Waals surface area contributed by atoms with Crippen molar-refractivity contribution in [1.82, 2.24) is 20.5 Å². The number of thioether (sulfide) groups is 1. The van der Waals surface area contributed by atoms with Gasteiger partial charge in [0.05, 0.1) is 0 Å². The van der Waals surface area contributed by atoms with Gasteiger partial charge in [-0.05, 0) is 31.4 Å². The van der Waals surface area contributed by atoms with E-state index in [1.54, 1.807) is 0 Å². The molecule has 6 heteroatoms. The highest BCUT2D eigenvalue weighted by molar-refractivity contribution is 7.99. The number of rotatable bonds is 3. The Labute approximate surface area is 104 Å². The number of nitrogens with zero attached hydrogens (tertiary/aromatic N) is 2. The maximum Gasteiger partial charge on any atom is 0.291 e. The highest BCUT2D eigenvalue weighted by Crippen LogP contribution is 2.37. The first-order valence-corrected chi connectivity index (χ1v) is 7.29. The molecule has 5 nitrogen and oxygen atoms in total. The van der Waals surface area contributed by atoms with Crippen LogP contribution in [-0.4, -0.2) is 38.6 Å². The molecular formula is C11H16N4OS. The van der Waals surface area contributed by atoms with Gasteiger partial charge in [0.15, 0.2) is 0 Å². The fraction of sp³-hybridized carbons (Fsp3) is 0.727. The third-order valence-electron chi connectivity index (χ3n) is 3.17. The van der Waals surface area contributed by atoms with Gasteiger partial charge in [0.1, 0.15) is 5.82 Å². The van der Waals surface area contributed by atoms with Gasteiger partial charge in [0.2, 0.25) is 5.82 Å². The minimum atomic E-state index is -0.138. The molecule has 3 rings (SSSR count). The van der Waals surface area contributed by atoms with Crippen LogP contribution in [0.4, 0.5) is 0 Å². The minimum absolute atomic E-state index is 0.138. The van der Waals surface area contributed by atoms with Crippen LogP contribution in [0.15, 0.2) is 0 Å². The number of amides is 1. The van der Waals surface area contributed by atoms with Gasteiger partial charge in [-0.3, -0.25) is 9.89 Å². The van der Waals surface area contributed by atoms with Crippen molar-refractivity contribution in [3.05, 3.63) is 11.6 Å². The molecule has 1 saturated carbocycles. The van der Waals surface area contributed by atoms with Crippen LogP contribution in [0.5, 0.6) is 0 Å². The number of nitrogens with one attached hydrogen (secondary N) is 2. The number of aromatic nitrogens is 3. The Morgan fingerprint density at radius 1 is 1.41 bits per heavy atom. The molecule has 2 N–H and O–H groups in total. The summed E-state index contributed by atoms with van der Waals surface area (Å²) in [5.41, 5.74) is 0. The molecule has 1 aromatic heterocycles. The average Bonchev–Trinajstić information content (AvgIpc) is 3.08. The lowest BCUT2D eigenvalue weighted by Gasteiger charge is -2.21. The quantitative estimate of drug-likeness (QED) is 0.851. The second-order valence-corrected chi connectivity index (χ2v) is 5.86. The van der Waals surface area contributed by atoms with Crippen LogP contribution in [0.25, 0.3) is 0 Å². The summed E-state index contributed by atoms with van der Waals surface area (Å²) in [4.78, 5) is 16.2. The molecule has 17 heavy (non-hydrogen) atoms. The normalized spacial score (nSPS) is 24.6. The van der Waals surface area contributed by atoms with E-state index in [0.717, 1.165) is 30.8 Å². The fourth-order valence-electron chi connectivity index (χ4n) is 2.02. The largest absolute Gasteiger partial charge is 0.346 e. The van der Waals surface area contributed by atoms with Crippen LogP contribution in [0.3, 0.4) is 0 Å². The van der Waals surface area contributed by atoms with Crippen LogP contribution < -0.4 is 5.32 Å². The minimum Gasteiger partial charge on any atom is -0.346 e. The Morgan fingerprint density at radius 3 is 3.00 bits per heavy atom. The predicted octanol–water partition coefficient (Wildman–Crippen LogP) is 1.31. The highest BCUT2D eigenvalue weighted by Gasteiger charge is 2.28. The fourth-order valence-corrected chi connectivity index (χ4v) is 3.09. The Hall–Kier alpha value is -1.04. The number of aromatic amines is 1. The number of hydrogen-bond donors (Lipinski definition) is 2. The topological polar surface area (TPSA) is 70.7 Å². The maximum absolute atomic E-state index is 11.9. The Morgan fingerprint density at radius 2 is 2.29 bits per heavy atom. The Bertz CT molecular complexity index is 409. The van der Waals surface area contributed by atoms with E-state index < -0.39 is 0 Å². The Kier molecular flexibility index (Phi) is 3.05. The lowest BCUT2D eigenvalue weighted by atomic mass is 10.2. The molecule has 0 radical (unpaired) electrons. The molecule has 1 saturated heterocycles. The van der Waals surface area contributed by atoms with Crippen LogP contribution in [-0.2, 0) is 0 Å². The molecule has 1 aromatic rings. The monoisotopic (exact) mass is 252 g/mol. The molecule has 2 aliphatic rings. The summed E-state index contributed by atoms with van der Waals surface area (Å²) in [6.45, 7) is 0. The van der Waals surface area contributed by atoms with Crippen molar-refractivity contribution in [2.24, 2.45) is 0 Å². The van der Waals surface area contributed by atoms with E-state index in [9.17, 15) is 4.79 Å². The summed E-state index contributed by atoms with van der Waals surface area (Å²) in [7, 11) is 0. The zero-order valence-electron chi connectivity index (χ0n) is 9.61. The molecule has 1 unspecified atom stereocenters. The van der Waals surface area contributed by atoms with E-state index in [0.29, 0.717) is 11.7 Å². The summed E-state index contributed by atoms with van der Waals surface area (Å²) in [6.07, 6.45) is 4.57. The summed E-state index contributed by atoms with van der Waals surface area (Å²) in [5.74, 6) is 3.75. The highest BCUT2D eigenvalue weighted by atomic mass is 32.2. The predicted molar refractivity (Wildman–Crippen MR) is 66.2 cm³/mol. The van der Waals surface area contributed by atoms with Crippen LogP contribution in [0, 0.1) is 0 Å². The van der Waals surface area contributed by atoms with Crippen LogP contribution in [0.2, 0.25) is 0 Å². The van der Waals surface area contributed by atoms with Gasteiger partial charge in [-0.15, -0.1) is 5.10 Å². The number of hydrogen-bond acceptors (Lipinski definition) is 4. The molecule has 1 atom stereocenters. The molecule has 0 spiro atoms. The van der Waals surface area contributed by atoms with Gasteiger partial charge in [-0.25, -0.2) is 4.98 Å². The van der Waals surface area contributed by atoms with E-state index >= 15 is 0 Å². The summed E-state index contributed by atoms with van der Waals surface area (Å²) >= 11 is 1.90. The van der Waals surface area contributed by atoms with Crippen molar-refractivity contribution in [2.75, 3.05) is 11.5 Å². The number of carbonyl (C=O) groups excluding carboxylic acids is 1. The molecule has 0 aromatic carbocycles. The van der Waals surface area contributed by atoms with Crippen LogP contribution >= 0.6 is 11.8 Å². The molecular weight excluding hydrogens is 236 g/mol. The van der Waals surface area contributed by atoms with E-state index in [4.69, 9.17) is 0 Å². The smallest absolute Gasteiger partial charge is 0.291 e. The van der Waals surface area contributed by atoms with Gasteiger partial charge in [0.25, 0.3) is 5.91 Å². The standard InChI is InChI=1S/C11H16N4OS/c16-11(12-8-2-1-5-17-6-8)10-13-9(14-15-10)7-3-4-7/h7-8H,1-6H2,(H,12,16)(H,13,14,15). The van der Waals surface area contributed by atoms with E-state index in [1.807, 2.05) is 11.8 Å². The first kappa shape index (κ1) is 11.1. The van der Waals surface area contributed by atoms with Gasteiger partial charge < -0.3 is 5.32 Å². The number of carbonyl (C=O) groups is 1. The molecule has 2 fully saturated rings. The van der Waals surface area contributed by atoms with Crippen LogP contribution in [0.1, 0.15) is 48.0 Å². The molecule has 0 bridgehead atoms. The third kappa shape index (κ3) is 2.62. The van der Waals surface area contributed by atoms with Gasteiger partial charge in [0, 0.05) is 17.7 Å². The zero-order chi connectivity index (χ0) is 11.7.